The molecule has 0 N–H and O–H groups in total. The van der Waals surface area contributed by atoms with Gasteiger partial charge in [0.2, 0.25) is 0 Å². The van der Waals surface area contributed by atoms with Crippen molar-refractivity contribution in [2.24, 2.45) is 5.92 Å². The van der Waals surface area contributed by atoms with Crippen LogP contribution in [0, 0.1) is 5.92 Å². The van der Waals surface area contributed by atoms with Gasteiger partial charge in [0.25, 0.3) is 0 Å². The normalized spacial score (nSPS) is 13.6. The van der Waals surface area contributed by atoms with Crippen LogP contribution >= 0.6 is 10.0 Å². The van der Waals surface area contributed by atoms with Crippen molar-refractivity contribution in [2.75, 3.05) is 0 Å². The summed E-state index contributed by atoms with van der Waals surface area (Å²) in [6, 6.07) is 22.4. The fourth-order valence-corrected chi connectivity index (χ4v) is 9.24. The molecule has 0 atom stereocenters. The molecule has 0 spiro atoms. The maximum absolute atomic E-state index is 2.47. The van der Waals surface area contributed by atoms with E-state index >= 15 is 0 Å². The van der Waals surface area contributed by atoms with E-state index < -0.39 is 10.0 Å². The number of hydrogen-bond acceptors (Lipinski definition) is 0. The Bertz CT molecular complexity index is 542. The van der Waals surface area contributed by atoms with Gasteiger partial charge >= 0.3 is 0 Å². The summed E-state index contributed by atoms with van der Waals surface area (Å²) in [6.45, 7) is 14.5. The van der Waals surface area contributed by atoms with E-state index in [0.717, 1.165) is 0 Å². The Labute approximate surface area is 138 Å². The van der Waals surface area contributed by atoms with Crippen molar-refractivity contribution >= 4 is 10.0 Å². The van der Waals surface area contributed by atoms with E-state index in [1.54, 1.807) is 0 Å². The zero-order valence-electron chi connectivity index (χ0n) is 14.8. The van der Waals surface area contributed by atoms with Crippen LogP contribution in [-0.4, -0.2) is 10.00 Å². The SMILES string of the molecule is CC(C)C(C)(C)S(c1ccccc1)(c1ccccc1)C(C)C. The first-order chi connectivity index (χ1) is 10.3. The molecule has 2 aromatic rings. The minimum absolute atomic E-state index is 0.226. The molecular weight excluding hydrogens is 284 g/mol. The highest BCUT2D eigenvalue weighted by molar-refractivity contribution is 8.35. The van der Waals surface area contributed by atoms with Gasteiger partial charge < -0.3 is 0 Å². The van der Waals surface area contributed by atoms with Gasteiger partial charge in [-0.05, 0) is 45.2 Å². The lowest BCUT2D eigenvalue weighted by Crippen LogP contribution is -2.39. The van der Waals surface area contributed by atoms with Crippen LogP contribution in [0.25, 0.3) is 0 Å². The molecule has 0 bridgehead atoms. The van der Waals surface area contributed by atoms with Crippen molar-refractivity contribution in [2.45, 2.75) is 61.3 Å². The highest BCUT2D eigenvalue weighted by Crippen LogP contribution is 2.74. The third-order valence-corrected chi connectivity index (χ3v) is 10.7. The van der Waals surface area contributed by atoms with E-state index in [1.165, 1.54) is 9.79 Å². The lowest BCUT2D eigenvalue weighted by molar-refractivity contribution is 0.491. The molecule has 0 aromatic heterocycles. The highest BCUT2D eigenvalue weighted by Gasteiger charge is 2.46. The van der Waals surface area contributed by atoms with Crippen LogP contribution in [0.4, 0.5) is 0 Å². The molecule has 2 rings (SSSR count). The zero-order valence-corrected chi connectivity index (χ0v) is 15.7. The Hall–Kier alpha value is -1.21. The van der Waals surface area contributed by atoms with Gasteiger partial charge in [0.05, 0.1) is 0 Å². The Morgan fingerprint density at radius 2 is 1.05 bits per heavy atom. The summed E-state index contributed by atoms with van der Waals surface area (Å²) in [5.41, 5.74) is 0. The van der Waals surface area contributed by atoms with Gasteiger partial charge in [-0.3, -0.25) is 0 Å². The van der Waals surface area contributed by atoms with E-state index in [4.69, 9.17) is 0 Å². The second kappa shape index (κ2) is 6.50. The number of rotatable bonds is 5. The molecule has 0 radical (unpaired) electrons. The fourth-order valence-electron chi connectivity index (χ4n) is 3.54. The summed E-state index contributed by atoms with van der Waals surface area (Å²) < 4.78 is 0.226. The monoisotopic (exact) mass is 314 g/mol. The van der Waals surface area contributed by atoms with E-state index in [0.29, 0.717) is 11.2 Å². The lowest BCUT2D eigenvalue weighted by atomic mass is 9.99. The summed E-state index contributed by atoms with van der Waals surface area (Å²) >= 11 is 0. The van der Waals surface area contributed by atoms with Crippen molar-refractivity contribution in [3.63, 3.8) is 0 Å². The van der Waals surface area contributed by atoms with Gasteiger partial charge in [0.1, 0.15) is 0 Å². The third-order valence-electron chi connectivity index (χ3n) is 5.16. The molecule has 0 heterocycles. The van der Waals surface area contributed by atoms with Crippen LogP contribution in [0.2, 0.25) is 0 Å². The average molecular weight is 315 g/mol. The van der Waals surface area contributed by atoms with Gasteiger partial charge in [-0.25, -0.2) is 0 Å². The van der Waals surface area contributed by atoms with Gasteiger partial charge in [-0.1, -0.05) is 77.9 Å². The first kappa shape index (κ1) is 17.1. The van der Waals surface area contributed by atoms with Crippen LogP contribution in [-0.2, 0) is 0 Å². The molecule has 0 saturated heterocycles. The summed E-state index contributed by atoms with van der Waals surface area (Å²) in [4.78, 5) is 3.02. The smallest absolute Gasteiger partial charge is 0.00483 e. The molecule has 0 aliphatic carbocycles. The standard InChI is InChI=1S/C21H30S/c1-17(2)21(5,6)22(18(3)4,19-13-9-7-10-14-19)20-15-11-8-12-16-20/h7-18H,1-6H3. The maximum Gasteiger partial charge on any atom is 0.00483 e. The van der Waals surface area contributed by atoms with Crippen LogP contribution in [0.1, 0.15) is 41.5 Å². The van der Waals surface area contributed by atoms with Crippen LogP contribution < -0.4 is 0 Å². The Kier molecular flexibility index (Phi) is 5.07. The van der Waals surface area contributed by atoms with Gasteiger partial charge in [0, 0.05) is 4.75 Å². The molecule has 120 valence electrons. The molecule has 2 aromatic carbocycles. The molecule has 0 amide bonds. The van der Waals surface area contributed by atoms with Crippen molar-refractivity contribution in [3.05, 3.63) is 60.7 Å². The van der Waals surface area contributed by atoms with Crippen molar-refractivity contribution in [1.29, 1.82) is 0 Å². The van der Waals surface area contributed by atoms with Gasteiger partial charge in [-0.2, -0.15) is 10.0 Å². The maximum atomic E-state index is 2.47. The molecule has 0 aliphatic rings. The quantitative estimate of drug-likeness (QED) is 0.572. The predicted octanol–water partition coefficient (Wildman–Crippen LogP) is 6.75. The second-order valence-electron chi connectivity index (χ2n) is 7.09. The van der Waals surface area contributed by atoms with Crippen LogP contribution in [0.5, 0.6) is 0 Å². The van der Waals surface area contributed by atoms with E-state index in [9.17, 15) is 0 Å². The molecule has 0 saturated carbocycles. The van der Waals surface area contributed by atoms with Crippen LogP contribution in [0.3, 0.4) is 0 Å². The van der Waals surface area contributed by atoms with E-state index in [1.807, 2.05) is 0 Å². The molecule has 0 nitrogen and oxygen atoms in total. The van der Waals surface area contributed by atoms with Crippen molar-refractivity contribution in [3.8, 4) is 0 Å². The molecule has 0 unspecified atom stereocenters. The molecule has 22 heavy (non-hydrogen) atoms. The average Bonchev–Trinajstić information content (AvgIpc) is 2.49. The first-order valence-electron chi connectivity index (χ1n) is 8.27. The zero-order chi connectivity index (χ0) is 16.4. The van der Waals surface area contributed by atoms with Crippen molar-refractivity contribution < 1.29 is 0 Å². The Morgan fingerprint density at radius 1 is 0.682 bits per heavy atom. The fraction of sp³-hybridized carbons (Fsp3) is 0.429. The molecule has 0 fully saturated rings. The second-order valence-corrected chi connectivity index (χ2v) is 11.4. The van der Waals surface area contributed by atoms with Crippen LogP contribution in [0.15, 0.2) is 70.5 Å². The molecule has 0 aliphatic heterocycles. The number of hydrogen-bond donors (Lipinski definition) is 0. The first-order valence-corrected chi connectivity index (χ1v) is 9.96. The Balaban J connectivity index is 2.83. The minimum atomic E-state index is -1.15. The third kappa shape index (κ3) is 2.60. The summed E-state index contributed by atoms with van der Waals surface area (Å²) in [6.07, 6.45) is 0. The summed E-state index contributed by atoms with van der Waals surface area (Å²) in [5, 5.41) is 0.592. The van der Waals surface area contributed by atoms with Gasteiger partial charge in [0.15, 0.2) is 0 Å². The topological polar surface area (TPSA) is 0 Å². The summed E-state index contributed by atoms with van der Waals surface area (Å²) in [5.74, 6) is 0.616. The predicted molar refractivity (Wildman–Crippen MR) is 101 cm³/mol. The van der Waals surface area contributed by atoms with E-state index in [2.05, 4.69) is 102 Å². The lowest BCUT2D eigenvalue weighted by Gasteiger charge is -2.58. The Morgan fingerprint density at radius 3 is 1.32 bits per heavy atom. The molecular formula is C21H30S. The van der Waals surface area contributed by atoms with Crippen molar-refractivity contribution in [1.82, 2.24) is 0 Å². The minimum Gasteiger partial charge on any atom is -0.180 e. The highest BCUT2D eigenvalue weighted by atomic mass is 32.3. The number of benzene rings is 2. The molecule has 1 heteroatoms. The van der Waals surface area contributed by atoms with Gasteiger partial charge in [-0.15, -0.1) is 0 Å². The summed E-state index contributed by atoms with van der Waals surface area (Å²) in [7, 11) is -1.15. The largest absolute Gasteiger partial charge is 0.180 e. The van der Waals surface area contributed by atoms with E-state index in [-0.39, 0.29) is 4.75 Å².